The van der Waals surface area contributed by atoms with E-state index in [1.807, 2.05) is 18.2 Å². The fourth-order valence-corrected chi connectivity index (χ4v) is 4.32. The zero-order valence-electron chi connectivity index (χ0n) is 19.5. The molecule has 0 saturated carbocycles. The molecule has 2 atom stereocenters. The Morgan fingerprint density at radius 3 is 2.39 bits per heavy atom. The summed E-state index contributed by atoms with van der Waals surface area (Å²) in [5.74, 6) is 0.0697. The first-order valence-electron chi connectivity index (χ1n) is 11.7. The molecule has 5 nitrogen and oxygen atoms in total. The molecule has 0 aliphatic heterocycles. The number of ether oxygens (including phenoxy) is 1. The van der Waals surface area contributed by atoms with Crippen LogP contribution in [0.4, 0.5) is 0 Å². The number of hydrogen-bond donors (Lipinski definition) is 2. The Hall–Kier alpha value is -1.53. The van der Waals surface area contributed by atoms with E-state index in [9.17, 15) is 14.7 Å². The number of nitrogens with one attached hydrogen (secondary N) is 1. The number of amides is 1. The third kappa shape index (κ3) is 12.2. The summed E-state index contributed by atoms with van der Waals surface area (Å²) >= 11 is 1.12. The zero-order chi connectivity index (χ0) is 22.9. The maximum Gasteiger partial charge on any atom is 0.306 e. The number of rotatable bonds is 17. The van der Waals surface area contributed by atoms with Gasteiger partial charge >= 0.3 is 5.97 Å². The van der Waals surface area contributed by atoms with Gasteiger partial charge in [0, 0.05) is 12.2 Å². The largest absolute Gasteiger partial charge is 0.469 e. The molecule has 0 heterocycles. The molecule has 6 heteroatoms. The van der Waals surface area contributed by atoms with Crippen LogP contribution in [0.15, 0.2) is 24.3 Å². The van der Waals surface area contributed by atoms with Gasteiger partial charge in [0.2, 0.25) is 0 Å². The quantitative estimate of drug-likeness (QED) is 0.184. The summed E-state index contributed by atoms with van der Waals surface area (Å²) in [6.45, 7) is 4.48. The molecule has 2 N–H and O–H groups in total. The topological polar surface area (TPSA) is 75.6 Å². The number of carbonyl (C=O) groups is 2. The molecule has 1 aromatic carbocycles. The summed E-state index contributed by atoms with van der Waals surface area (Å²) < 4.78 is 7.18. The van der Waals surface area contributed by atoms with E-state index >= 15 is 0 Å². The first kappa shape index (κ1) is 27.5. The van der Waals surface area contributed by atoms with Crippen LogP contribution < -0.4 is 4.72 Å². The van der Waals surface area contributed by atoms with Gasteiger partial charge in [-0.15, -0.1) is 0 Å². The van der Waals surface area contributed by atoms with Crippen LogP contribution in [0.25, 0.3) is 0 Å². The molecular weight excluding hydrogens is 410 g/mol. The molecular formula is C25H41NO4S. The fourth-order valence-electron chi connectivity index (χ4n) is 3.67. The van der Waals surface area contributed by atoms with Gasteiger partial charge in [-0.1, -0.05) is 89.5 Å². The minimum atomic E-state index is -1.11. The maximum atomic E-state index is 12.2. The molecule has 176 valence electrons. The van der Waals surface area contributed by atoms with E-state index in [-0.39, 0.29) is 12.4 Å². The van der Waals surface area contributed by atoms with E-state index in [0.29, 0.717) is 18.1 Å². The third-order valence-corrected chi connectivity index (χ3v) is 6.36. The second-order valence-corrected chi connectivity index (χ2v) is 9.13. The van der Waals surface area contributed by atoms with Gasteiger partial charge in [0.1, 0.15) is 6.10 Å². The van der Waals surface area contributed by atoms with E-state index in [4.69, 9.17) is 0 Å². The predicted octanol–water partition coefficient (Wildman–Crippen LogP) is 5.55. The molecule has 0 spiro atoms. The Morgan fingerprint density at radius 1 is 1.06 bits per heavy atom. The van der Waals surface area contributed by atoms with E-state index in [0.717, 1.165) is 23.9 Å². The van der Waals surface area contributed by atoms with Gasteiger partial charge in [-0.05, 0) is 35.4 Å². The summed E-state index contributed by atoms with van der Waals surface area (Å²) in [5.41, 5.74) is 2.24. The van der Waals surface area contributed by atoms with Crippen LogP contribution >= 0.6 is 11.9 Å². The van der Waals surface area contributed by atoms with Crippen LogP contribution in [0.3, 0.4) is 0 Å². The molecule has 0 aliphatic carbocycles. The summed E-state index contributed by atoms with van der Waals surface area (Å²) in [4.78, 5) is 23.3. The molecule has 1 aromatic rings. The van der Waals surface area contributed by atoms with E-state index in [1.165, 1.54) is 64.0 Å². The number of hydrogen-bond acceptors (Lipinski definition) is 5. The summed E-state index contributed by atoms with van der Waals surface area (Å²) in [6.07, 6.45) is 11.0. The van der Waals surface area contributed by atoms with Crippen molar-refractivity contribution in [1.82, 2.24) is 4.72 Å². The minimum Gasteiger partial charge on any atom is -0.469 e. The summed E-state index contributed by atoms with van der Waals surface area (Å²) in [6, 6.07) is 8.09. The Morgan fingerprint density at radius 2 is 1.71 bits per heavy atom. The third-order valence-electron chi connectivity index (χ3n) is 5.60. The van der Waals surface area contributed by atoms with Gasteiger partial charge in [-0.25, -0.2) is 0 Å². The lowest BCUT2D eigenvalue weighted by atomic mass is 9.89. The molecule has 0 saturated heterocycles. The van der Waals surface area contributed by atoms with Crippen molar-refractivity contribution < 1.29 is 19.4 Å². The smallest absolute Gasteiger partial charge is 0.306 e. The van der Waals surface area contributed by atoms with Gasteiger partial charge in [0.05, 0.1) is 13.5 Å². The first-order valence-corrected chi connectivity index (χ1v) is 12.7. The first-order chi connectivity index (χ1) is 15.0. The summed E-state index contributed by atoms with van der Waals surface area (Å²) in [7, 11) is 1.34. The zero-order valence-corrected chi connectivity index (χ0v) is 20.3. The summed E-state index contributed by atoms with van der Waals surface area (Å²) in [5, 5.41) is 10.3. The van der Waals surface area contributed by atoms with Crippen LogP contribution in [0.2, 0.25) is 0 Å². The Kier molecular flexibility index (Phi) is 15.2. The normalized spacial score (nSPS) is 12.9. The number of unbranched alkanes of at least 4 members (excludes halogenated alkanes) is 7. The molecule has 1 amide bonds. The number of aliphatic hydroxyl groups excluding tert-OH is 1. The lowest BCUT2D eigenvalue weighted by molar-refractivity contribution is -0.140. The van der Waals surface area contributed by atoms with Crippen LogP contribution in [-0.4, -0.2) is 35.9 Å². The fraction of sp³-hybridized carbons (Fsp3) is 0.680. The highest BCUT2D eigenvalue weighted by Gasteiger charge is 2.19. The number of carbonyl (C=O) groups excluding carboxylic acids is 2. The van der Waals surface area contributed by atoms with Crippen molar-refractivity contribution >= 4 is 23.8 Å². The van der Waals surface area contributed by atoms with Crippen molar-refractivity contribution in [2.75, 3.05) is 12.9 Å². The number of methoxy groups -OCH3 is 1. The van der Waals surface area contributed by atoms with E-state index in [1.54, 1.807) is 0 Å². The van der Waals surface area contributed by atoms with Gasteiger partial charge in [0.25, 0.3) is 5.91 Å². The van der Waals surface area contributed by atoms with Crippen LogP contribution in [0.1, 0.15) is 95.1 Å². The van der Waals surface area contributed by atoms with Crippen molar-refractivity contribution in [3.8, 4) is 0 Å². The van der Waals surface area contributed by atoms with Crippen molar-refractivity contribution in [2.45, 2.75) is 96.5 Å². The number of benzene rings is 1. The Balaban J connectivity index is 2.40. The molecule has 0 radical (unpaired) electrons. The van der Waals surface area contributed by atoms with Crippen molar-refractivity contribution in [2.24, 2.45) is 0 Å². The van der Waals surface area contributed by atoms with Gasteiger partial charge in [-0.2, -0.15) is 0 Å². The van der Waals surface area contributed by atoms with Crippen LogP contribution in [0.5, 0.6) is 0 Å². The average molecular weight is 452 g/mol. The van der Waals surface area contributed by atoms with Gasteiger partial charge < -0.3 is 9.84 Å². The lowest BCUT2D eigenvalue weighted by Crippen LogP contribution is -2.32. The van der Waals surface area contributed by atoms with Crippen LogP contribution in [0, 0.1) is 0 Å². The molecule has 0 aromatic heterocycles. The highest BCUT2D eigenvalue weighted by Crippen LogP contribution is 2.26. The molecule has 31 heavy (non-hydrogen) atoms. The van der Waals surface area contributed by atoms with Crippen LogP contribution in [-0.2, 0) is 20.7 Å². The van der Waals surface area contributed by atoms with Gasteiger partial charge in [-0.3, -0.25) is 14.3 Å². The van der Waals surface area contributed by atoms with E-state index in [2.05, 4.69) is 29.4 Å². The average Bonchev–Trinajstić information content (AvgIpc) is 2.78. The van der Waals surface area contributed by atoms with E-state index < -0.39 is 12.0 Å². The SMILES string of the molecule is CCCCCCCCCCC(C)c1ccccc1CC(O)C(=O)NSCCC(=O)OC. The van der Waals surface area contributed by atoms with Crippen molar-refractivity contribution in [3.05, 3.63) is 35.4 Å². The van der Waals surface area contributed by atoms with Crippen molar-refractivity contribution in [3.63, 3.8) is 0 Å². The minimum absolute atomic E-state index is 0.219. The monoisotopic (exact) mass is 451 g/mol. The highest BCUT2D eigenvalue weighted by atomic mass is 32.2. The lowest BCUT2D eigenvalue weighted by Gasteiger charge is -2.18. The molecule has 0 aliphatic rings. The second-order valence-electron chi connectivity index (χ2n) is 8.22. The van der Waals surface area contributed by atoms with Crippen molar-refractivity contribution in [1.29, 1.82) is 0 Å². The Labute approximate surface area is 192 Å². The second kappa shape index (κ2) is 17.1. The molecule has 0 bridgehead atoms. The number of aliphatic hydroxyl groups is 1. The molecule has 1 rings (SSSR count). The molecule has 0 fully saturated rings. The maximum absolute atomic E-state index is 12.2. The molecule has 2 unspecified atom stereocenters. The highest BCUT2D eigenvalue weighted by molar-refractivity contribution is 7.97. The van der Waals surface area contributed by atoms with Gasteiger partial charge in [0.15, 0.2) is 0 Å². The number of esters is 1. The Bertz CT molecular complexity index is 638. The predicted molar refractivity (Wildman–Crippen MR) is 129 cm³/mol. The standard InChI is InChI=1S/C25H41NO4S/c1-4-5-6-7-8-9-10-11-14-20(2)22-16-13-12-15-21(22)19-23(27)25(29)26-31-18-17-24(28)30-3/h12-13,15-16,20,23,27H,4-11,14,17-19H2,1-3H3,(H,26,29).